The standard InChI is InChI=1S/C13H17F/c1-4-11(9-10(2)3)12-7-5-6-8-13(12)14/h4-8,10H,9H2,1-3H3/b11-4+. The Kier molecular flexibility index (Phi) is 3.87. The zero-order chi connectivity index (χ0) is 10.6. The van der Waals surface area contributed by atoms with Gasteiger partial charge < -0.3 is 0 Å². The molecule has 0 aromatic heterocycles. The van der Waals surface area contributed by atoms with E-state index in [1.165, 1.54) is 6.07 Å². The molecule has 1 aromatic rings. The van der Waals surface area contributed by atoms with Crippen LogP contribution in [0.25, 0.3) is 5.57 Å². The Morgan fingerprint density at radius 1 is 1.36 bits per heavy atom. The van der Waals surface area contributed by atoms with Gasteiger partial charge in [0.25, 0.3) is 0 Å². The van der Waals surface area contributed by atoms with E-state index in [4.69, 9.17) is 0 Å². The van der Waals surface area contributed by atoms with Crippen molar-refractivity contribution in [3.8, 4) is 0 Å². The second-order valence-electron chi connectivity index (χ2n) is 3.89. The van der Waals surface area contributed by atoms with Gasteiger partial charge in [-0.05, 0) is 30.9 Å². The summed E-state index contributed by atoms with van der Waals surface area (Å²) in [5.74, 6) is 0.432. The topological polar surface area (TPSA) is 0 Å². The van der Waals surface area contributed by atoms with Crippen LogP contribution in [-0.2, 0) is 0 Å². The lowest BCUT2D eigenvalue weighted by atomic mass is 9.96. The highest BCUT2D eigenvalue weighted by molar-refractivity contribution is 5.65. The highest BCUT2D eigenvalue weighted by atomic mass is 19.1. The fraction of sp³-hybridized carbons (Fsp3) is 0.385. The zero-order valence-corrected chi connectivity index (χ0v) is 9.05. The molecule has 0 radical (unpaired) electrons. The molecule has 0 fully saturated rings. The van der Waals surface area contributed by atoms with Gasteiger partial charge in [0.15, 0.2) is 0 Å². The number of rotatable bonds is 3. The third-order valence-corrected chi connectivity index (χ3v) is 2.20. The lowest BCUT2D eigenvalue weighted by molar-refractivity contribution is 0.617. The number of halogens is 1. The Morgan fingerprint density at radius 2 is 2.00 bits per heavy atom. The van der Waals surface area contributed by atoms with Crippen LogP contribution in [0.1, 0.15) is 32.8 Å². The molecule has 0 atom stereocenters. The van der Waals surface area contributed by atoms with Gasteiger partial charge in [-0.2, -0.15) is 0 Å². The lowest BCUT2D eigenvalue weighted by Crippen LogP contribution is -1.94. The summed E-state index contributed by atoms with van der Waals surface area (Å²) in [5.41, 5.74) is 1.84. The minimum Gasteiger partial charge on any atom is -0.206 e. The molecule has 0 saturated carbocycles. The SMILES string of the molecule is C/C=C(\CC(C)C)c1ccccc1F. The van der Waals surface area contributed by atoms with Gasteiger partial charge in [0, 0.05) is 5.56 Å². The van der Waals surface area contributed by atoms with Crippen LogP contribution in [0, 0.1) is 11.7 Å². The molecular weight excluding hydrogens is 175 g/mol. The van der Waals surface area contributed by atoms with E-state index in [1.54, 1.807) is 6.07 Å². The molecule has 0 aliphatic carbocycles. The summed E-state index contributed by atoms with van der Waals surface area (Å²) in [7, 11) is 0. The van der Waals surface area contributed by atoms with Gasteiger partial charge in [-0.15, -0.1) is 0 Å². The van der Waals surface area contributed by atoms with E-state index in [9.17, 15) is 4.39 Å². The highest BCUT2D eigenvalue weighted by Crippen LogP contribution is 2.24. The number of hydrogen-bond acceptors (Lipinski definition) is 0. The van der Waals surface area contributed by atoms with E-state index in [0.717, 1.165) is 17.6 Å². The molecule has 0 aliphatic rings. The van der Waals surface area contributed by atoms with E-state index < -0.39 is 0 Å². The van der Waals surface area contributed by atoms with Crippen LogP contribution >= 0.6 is 0 Å². The van der Waals surface area contributed by atoms with Crippen molar-refractivity contribution in [2.75, 3.05) is 0 Å². The molecule has 1 aromatic carbocycles. The van der Waals surface area contributed by atoms with Gasteiger partial charge in [0.05, 0.1) is 0 Å². The van der Waals surface area contributed by atoms with Gasteiger partial charge in [-0.25, -0.2) is 4.39 Å². The van der Waals surface area contributed by atoms with E-state index in [-0.39, 0.29) is 5.82 Å². The summed E-state index contributed by atoms with van der Waals surface area (Å²) in [4.78, 5) is 0. The summed E-state index contributed by atoms with van der Waals surface area (Å²) in [5, 5.41) is 0. The van der Waals surface area contributed by atoms with Crippen LogP contribution < -0.4 is 0 Å². The summed E-state index contributed by atoms with van der Waals surface area (Å²) in [6.45, 7) is 6.25. The van der Waals surface area contributed by atoms with Crippen molar-refractivity contribution >= 4 is 5.57 Å². The fourth-order valence-corrected chi connectivity index (χ4v) is 1.54. The Bertz CT molecular complexity index is 324. The lowest BCUT2D eigenvalue weighted by Gasteiger charge is -2.10. The average molecular weight is 192 g/mol. The minimum atomic E-state index is -0.124. The van der Waals surface area contributed by atoms with Crippen molar-refractivity contribution in [1.29, 1.82) is 0 Å². The number of allylic oxidation sites excluding steroid dienone is 2. The van der Waals surface area contributed by atoms with Gasteiger partial charge in [-0.3, -0.25) is 0 Å². The summed E-state index contributed by atoms with van der Waals surface area (Å²) in [6.07, 6.45) is 2.93. The number of hydrogen-bond donors (Lipinski definition) is 0. The van der Waals surface area contributed by atoms with E-state index >= 15 is 0 Å². The first kappa shape index (κ1) is 11.0. The quantitative estimate of drug-likeness (QED) is 0.670. The van der Waals surface area contributed by atoms with Crippen LogP contribution in [0.3, 0.4) is 0 Å². The Hall–Kier alpha value is -1.11. The molecule has 0 nitrogen and oxygen atoms in total. The predicted molar refractivity (Wildman–Crippen MR) is 59.5 cm³/mol. The van der Waals surface area contributed by atoms with Crippen molar-refractivity contribution in [2.45, 2.75) is 27.2 Å². The summed E-state index contributed by atoms with van der Waals surface area (Å²) in [6, 6.07) is 6.95. The molecule has 0 bridgehead atoms. The van der Waals surface area contributed by atoms with Crippen LogP contribution in [0.2, 0.25) is 0 Å². The van der Waals surface area contributed by atoms with Gasteiger partial charge in [0.1, 0.15) is 5.82 Å². The molecule has 0 N–H and O–H groups in total. The summed E-state index contributed by atoms with van der Waals surface area (Å²) >= 11 is 0. The minimum absolute atomic E-state index is 0.124. The Balaban J connectivity index is 2.96. The normalized spacial score (nSPS) is 12.2. The molecule has 0 unspecified atom stereocenters. The maximum atomic E-state index is 13.4. The van der Waals surface area contributed by atoms with E-state index in [0.29, 0.717) is 5.92 Å². The molecule has 0 saturated heterocycles. The van der Waals surface area contributed by atoms with Crippen molar-refractivity contribution in [2.24, 2.45) is 5.92 Å². The van der Waals surface area contributed by atoms with E-state index in [2.05, 4.69) is 13.8 Å². The Morgan fingerprint density at radius 3 is 2.50 bits per heavy atom. The third-order valence-electron chi connectivity index (χ3n) is 2.20. The van der Waals surface area contributed by atoms with Gasteiger partial charge in [0.2, 0.25) is 0 Å². The predicted octanol–water partition coefficient (Wildman–Crippen LogP) is 4.28. The second-order valence-corrected chi connectivity index (χ2v) is 3.89. The number of benzene rings is 1. The molecule has 1 rings (SSSR count). The summed E-state index contributed by atoms with van der Waals surface area (Å²) < 4.78 is 13.4. The van der Waals surface area contributed by atoms with Crippen LogP contribution in [-0.4, -0.2) is 0 Å². The monoisotopic (exact) mass is 192 g/mol. The smallest absolute Gasteiger partial charge is 0.130 e. The van der Waals surface area contributed by atoms with Gasteiger partial charge in [-0.1, -0.05) is 38.1 Å². The molecule has 1 heteroatoms. The maximum absolute atomic E-state index is 13.4. The molecule has 0 heterocycles. The first-order valence-electron chi connectivity index (χ1n) is 5.05. The molecule has 0 spiro atoms. The first-order valence-corrected chi connectivity index (χ1v) is 5.05. The zero-order valence-electron chi connectivity index (χ0n) is 9.05. The largest absolute Gasteiger partial charge is 0.206 e. The maximum Gasteiger partial charge on any atom is 0.130 e. The van der Waals surface area contributed by atoms with Crippen LogP contribution in [0.4, 0.5) is 4.39 Å². The molecule has 0 aliphatic heterocycles. The average Bonchev–Trinajstić information content (AvgIpc) is 2.15. The van der Waals surface area contributed by atoms with Crippen LogP contribution in [0.15, 0.2) is 30.3 Å². The van der Waals surface area contributed by atoms with Crippen molar-refractivity contribution in [3.63, 3.8) is 0 Å². The fourth-order valence-electron chi connectivity index (χ4n) is 1.54. The molecular formula is C13H17F. The first-order chi connectivity index (χ1) is 6.65. The van der Waals surface area contributed by atoms with Crippen molar-refractivity contribution in [3.05, 3.63) is 41.7 Å². The van der Waals surface area contributed by atoms with E-state index in [1.807, 2.05) is 25.1 Å². The molecule has 14 heavy (non-hydrogen) atoms. The molecule has 76 valence electrons. The van der Waals surface area contributed by atoms with Crippen molar-refractivity contribution < 1.29 is 4.39 Å². The second kappa shape index (κ2) is 4.94. The third kappa shape index (κ3) is 2.69. The Labute approximate surface area is 85.5 Å². The van der Waals surface area contributed by atoms with Crippen LogP contribution in [0.5, 0.6) is 0 Å². The van der Waals surface area contributed by atoms with Crippen molar-refractivity contribution in [1.82, 2.24) is 0 Å². The van der Waals surface area contributed by atoms with Gasteiger partial charge >= 0.3 is 0 Å². The highest BCUT2D eigenvalue weighted by Gasteiger charge is 2.07. The molecule has 0 amide bonds.